The average Bonchev–Trinajstić information content (AvgIpc) is 2.85. The highest BCUT2D eigenvalue weighted by atomic mass is 32.2. The first-order valence-electron chi connectivity index (χ1n) is 4.74. The number of furan rings is 1. The molecule has 0 atom stereocenters. The van der Waals surface area contributed by atoms with E-state index in [-0.39, 0.29) is 15.9 Å². The first kappa shape index (κ1) is 12.1. The summed E-state index contributed by atoms with van der Waals surface area (Å²) < 4.78 is 31.4. The Morgan fingerprint density at radius 2 is 2.35 bits per heavy atom. The van der Waals surface area contributed by atoms with E-state index in [0.29, 0.717) is 11.5 Å². The molecular formula is C9H11N3O3S2. The Labute approximate surface area is 103 Å². The lowest BCUT2D eigenvalue weighted by atomic mass is 10.5. The number of anilines is 1. The van der Waals surface area contributed by atoms with Crippen molar-refractivity contribution in [1.82, 2.24) is 9.71 Å². The number of nitrogens with one attached hydrogen (secondary N) is 1. The minimum atomic E-state index is -3.58. The molecule has 0 fully saturated rings. The molecule has 0 bridgehead atoms. The van der Waals surface area contributed by atoms with E-state index in [1.54, 1.807) is 19.1 Å². The second-order valence-electron chi connectivity index (χ2n) is 3.33. The van der Waals surface area contributed by atoms with Gasteiger partial charge in [-0.15, -0.1) is 0 Å². The molecule has 6 nitrogen and oxygen atoms in total. The molecule has 17 heavy (non-hydrogen) atoms. The number of aryl methyl sites for hydroxylation is 1. The summed E-state index contributed by atoms with van der Waals surface area (Å²) in [5.41, 5.74) is 5.87. The highest BCUT2D eigenvalue weighted by Gasteiger charge is 2.21. The molecule has 8 heteroatoms. The van der Waals surface area contributed by atoms with Crippen molar-refractivity contribution in [3.05, 3.63) is 29.9 Å². The molecule has 92 valence electrons. The number of nitrogens with two attached hydrogens (primary N) is 1. The van der Waals surface area contributed by atoms with E-state index in [4.69, 9.17) is 10.2 Å². The maximum absolute atomic E-state index is 11.9. The van der Waals surface area contributed by atoms with E-state index >= 15 is 0 Å². The van der Waals surface area contributed by atoms with Gasteiger partial charge < -0.3 is 10.2 Å². The van der Waals surface area contributed by atoms with Crippen molar-refractivity contribution in [3.63, 3.8) is 0 Å². The van der Waals surface area contributed by atoms with Crippen LogP contribution in [0.3, 0.4) is 0 Å². The van der Waals surface area contributed by atoms with Gasteiger partial charge in [0.25, 0.3) is 10.0 Å². The minimum absolute atomic E-state index is 0.104. The van der Waals surface area contributed by atoms with Gasteiger partial charge in [0, 0.05) is 0 Å². The van der Waals surface area contributed by atoms with Crippen LogP contribution in [0, 0.1) is 6.92 Å². The third kappa shape index (κ3) is 2.65. The van der Waals surface area contributed by atoms with Gasteiger partial charge in [-0.25, -0.2) is 18.1 Å². The number of rotatable bonds is 4. The van der Waals surface area contributed by atoms with Crippen molar-refractivity contribution in [1.29, 1.82) is 0 Å². The van der Waals surface area contributed by atoms with Gasteiger partial charge >= 0.3 is 0 Å². The maximum Gasteiger partial charge on any atom is 0.252 e. The van der Waals surface area contributed by atoms with Crippen LogP contribution in [0.4, 0.5) is 5.13 Å². The fourth-order valence-electron chi connectivity index (χ4n) is 1.30. The van der Waals surface area contributed by atoms with Gasteiger partial charge in [-0.3, -0.25) is 0 Å². The zero-order valence-electron chi connectivity index (χ0n) is 9.00. The number of hydrogen-bond donors (Lipinski definition) is 2. The summed E-state index contributed by atoms with van der Waals surface area (Å²) in [6.45, 7) is 1.71. The maximum atomic E-state index is 11.9. The Morgan fingerprint density at radius 3 is 2.88 bits per heavy atom. The molecule has 0 saturated carbocycles. The number of nitrogens with zero attached hydrogens (tertiary/aromatic N) is 1. The van der Waals surface area contributed by atoms with Crippen LogP contribution in [0.25, 0.3) is 0 Å². The van der Waals surface area contributed by atoms with Crippen molar-refractivity contribution in [2.45, 2.75) is 17.7 Å². The molecule has 0 spiro atoms. The van der Waals surface area contributed by atoms with Gasteiger partial charge in [0.05, 0.1) is 18.5 Å². The SMILES string of the molecule is Cc1nc(N)sc1S(=O)(=O)NCc1ccco1. The highest BCUT2D eigenvalue weighted by molar-refractivity contribution is 7.91. The number of thiazole rings is 1. The van der Waals surface area contributed by atoms with Crippen LogP contribution in [0.5, 0.6) is 0 Å². The molecule has 0 aromatic carbocycles. The molecule has 3 N–H and O–H groups in total. The van der Waals surface area contributed by atoms with Crippen molar-refractivity contribution in [2.24, 2.45) is 0 Å². The summed E-state index contributed by atoms with van der Waals surface area (Å²) in [6, 6.07) is 3.38. The molecule has 0 aliphatic carbocycles. The molecule has 0 aliphatic heterocycles. The summed E-state index contributed by atoms with van der Waals surface area (Å²) in [4.78, 5) is 3.88. The fourth-order valence-corrected chi connectivity index (χ4v) is 3.63. The standard InChI is InChI=1S/C9H11N3O3S2/c1-6-8(16-9(10)12-6)17(13,14)11-5-7-3-2-4-15-7/h2-4,11H,5H2,1H3,(H2,10,12). The van der Waals surface area contributed by atoms with Gasteiger partial charge in [0.1, 0.15) is 5.76 Å². The first-order chi connectivity index (χ1) is 7.99. The van der Waals surface area contributed by atoms with Crippen molar-refractivity contribution in [2.75, 3.05) is 5.73 Å². The zero-order valence-corrected chi connectivity index (χ0v) is 10.6. The minimum Gasteiger partial charge on any atom is -0.468 e. The molecule has 2 aromatic heterocycles. The van der Waals surface area contributed by atoms with Crippen LogP contribution in [0.1, 0.15) is 11.5 Å². The quantitative estimate of drug-likeness (QED) is 0.869. The molecule has 2 rings (SSSR count). The largest absolute Gasteiger partial charge is 0.468 e. The summed E-state index contributed by atoms with van der Waals surface area (Å²) in [5.74, 6) is 0.545. The molecule has 0 amide bonds. The Hall–Kier alpha value is -1.38. The predicted molar refractivity (Wildman–Crippen MR) is 64.0 cm³/mol. The average molecular weight is 273 g/mol. The normalized spacial score (nSPS) is 11.8. The summed E-state index contributed by atoms with van der Waals surface area (Å²) >= 11 is 0.944. The van der Waals surface area contributed by atoms with Crippen molar-refractivity contribution >= 4 is 26.5 Å². The highest BCUT2D eigenvalue weighted by Crippen LogP contribution is 2.24. The van der Waals surface area contributed by atoms with Gasteiger partial charge in [-0.2, -0.15) is 0 Å². The van der Waals surface area contributed by atoms with Crippen molar-refractivity contribution < 1.29 is 12.8 Å². The number of hydrogen-bond acceptors (Lipinski definition) is 6. The third-order valence-corrected chi connectivity index (χ3v) is 5.03. The second-order valence-corrected chi connectivity index (χ2v) is 6.32. The number of sulfonamides is 1. The molecule has 0 saturated heterocycles. The van der Waals surface area contributed by atoms with Crippen LogP contribution in [-0.4, -0.2) is 13.4 Å². The van der Waals surface area contributed by atoms with Crippen LogP contribution < -0.4 is 10.5 Å². The summed E-state index contributed by atoms with van der Waals surface area (Å²) in [7, 11) is -3.58. The van der Waals surface area contributed by atoms with Gasteiger partial charge in [-0.05, 0) is 19.1 Å². The van der Waals surface area contributed by atoms with Crippen LogP contribution in [-0.2, 0) is 16.6 Å². The van der Waals surface area contributed by atoms with E-state index in [2.05, 4.69) is 9.71 Å². The van der Waals surface area contributed by atoms with E-state index in [0.717, 1.165) is 11.3 Å². The third-order valence-electron chi connectivity index (χ3n) is 2.03. The van der Waals surface area contributed by atoms with Gasteiger partial charge in [-0.1, -0.05) is 11.3 Å². The topological polar surface area (TPSA) is 98.2 Å². The summed E-state index contributed by atoms with van der Waals surface area (Å²) in [6.07, 6.45) is 1.49. The summed E-state index contributed by atoms with van der Waals surface area (Å²) in [5, 5.41) is 0.237. The Morgan fingerprint density at radius 1 is 1.59 bits per heavy atom. The van der Waals surface area contributed by atoms with Crippen molar-refractivity contribution in [3.8, 4) is 0 Å². The second kappa shape index (κ2) is 4.47. The van der Waals surface area contributed by atoms with Crippen LogP contribution in [0.15, 0.2) is 27.0 Å². The van der Waals surface area contributed by atoms with Gasteiger partial charge in [0.2, 0.25) is 0 Å². The lowest BCUT2D eigenvalue weighted by Gasteiger charge is -2.02. The Kier molecular flexibility index (Phi) is 3.18. The lowest BCUT2D eigenvalue weighted by molar-refractivity contribution is 0.499. The molecule has 0 aliphatic rings. The monoisotopic (exact) mass is 273 g/mol. The van der Waals surface area contributed by atoms with E-state index < -0.39 is 10.0 Å². The fraction of sp³-hybridized carbons (Fsp3) is 0.222. The molecule has 0 unspecified atom stereocenters. The zero-order chi connectivity index (χ0) is 12.5. The Balaban J connectivity index is 2.17. The van der Waals surface area contributed by atoms with E-state index in [9.17, 15) is 8.42 Å². The molecule has 2 heterocycles. The molecular weight excluding hydrogens is 262 g/mol. The predicted octanol–water partition coefficient (Wildman–Crippen LogP) is 1.11. The van der Waals surface area contributed by atoms with Crippen LogP contribution in [0.2, 0.25) is 0 Å². The van der Waals surface area contributed by atoms with E-state index in [1.807, 2.05) is 0 Å². The number of aromatic nitrogens is 1. The van der Waals surface area contributed by atoms with Gasteiger partial charge in [0.15, 0.2) is 9.34 Å². The smallest absolute Gasteiger partial charge is 0.252 e. The van der Waals surface area contributed by atoms with E-state index in [1.165, 1.54) is 6.26 Å². The molecule has 0 radical (unpaired) electrons. The van der Waals surface area contributed by atoms with Crippen LogP contribution >= 0.6 is 11.3 Å². The number of nitrogen functional groups attached to an aromatic ring is 1. The molecule has 2 aromatic rings. The lowest BCUT2D eigenvalue weighted by Crippen LogP contribution is -2.22. The Bertz CT molecular complexity index is 601. The first-order valence-corrected chi connectivity index (χ1v) is 7.04.